The van der Waals surface area contributed by atoms with E-state index >= 15 is 0 Å². The van der Waals surface area contributed by atoms with Crippen molar-refractivity contribution in [1.82, 2.24) is 0 Å². The molecule has 0 bridgehead atoms. The van der Waals surface area contributed by atoms with E-state index in [4.69, 9.17) is 8.32 Å². The number of carbonyl (C=O) groups is 1. The summed E-state index contributed by atoms with van der Waals surface area (Å²) in [5.74, 6) is 3.59. The fourth-order valence-electron chi connectivity index (χ4n) is 0.197. The number of carbonyl (C=O) groups excluding carboxylic acids is 1. The van der Waals surface area contributed by atoms with E-state index in [9.17, 15) is 4.79 Å². The minimum atomic E-state index is -2.80. The maximum Gasteiger partial charge on any atom is 0.681 e. The maximum absolute atomic E-state index is 9.99. The van der Waals surface area contributed by atoms with E-state index in [1.54, 1.807) is 0 Å². The quantitative estimate of drug-likeness (QED) is 0.297. The van der Waals surface area contributed by atoms with Crippen LogP contribution in [-0.4, -0.2) is 29.1 Å². The first-order chi connectivity index (χ1) is 3.66. The summed E-state index contributed by atoms with van der Waals surface area (Å²) in [5, 5.41) is -0.351. The summed E-state index contributed by atoms with van der Waals surface area (Å²) >= 11 is -2.80. The van der Waals surface area contributed by atoms with E-state index in [1.165, 1.54) is 0 Å². The van der Waals surface area contributed by atoms with Crippen LogP contribution in [-0.2, 0) is 9.63 Å². The monoisotopic (exact) mass is 135 g/mol. The first kappa shape index (κ1) is 7.88. The van der Waals surface area contributed by atoms with Gasteiger partial charge in [0.15, 0.2) is 0 Å². The third kappa shape index (κ3) is 4.05. The smallest absolute Gasteiger partial charge is 0.493 e. The minimum absolute atomic E-state index is 0.351. The standard InChI is InChI=1S/C2H4NO2.Al.2H2O/c1-2(4)5-3;;;/h1,3H2;;2*1H2/q;+2;;/p-2. The second-order valence-electron chi connectivity index (χ2n) is 1.17. The van der Waals surface area contributed by atoms with Crippen LogP contribution in [0.2, 0.25) is 5.28 Å². The lowest BCUT2D eigenvalue weighted by Gasteiger charge is -1.91. The van der Waals surface area contributed by atoms with Gasteiger partial charge in [-0.3, -0.25) is 4.79 Å². The molecule has 0 aliphatic rings. The molecule has 0 heterocycles. The highest BCUT2D eigenvalue weighted by atomic mass is 27.2. The average Bonchev–Trinajstić information content (AvgIpc) is 1.65. The summed E-state index contributed by atoms with van der Waals surface area (Å²) in [5.41, 5.74) is 0. The van der Waals surface area contributed by atoms with Gasteiger partial charge in [0.1, 0.15) is 0 Å². The highest BCUT2D eigenvalue weighted by molar-refractivity contribution is 6.45. The van der Waals surface area contributed by atoms with Crippen LogP contribution in [0.15, 0.2) is 0 Å². The van der Waals surface area contributed by atoms with Crippen LogP contribution in [0.25, 0.3) is 0 Å². The first-order valence-corrected chi connectivity index (χ1v) is 3.77. The predicted octanol–water partition coefficient (Wildman–Crippen LogP) is -2.12. The maximum atomic E-state index is 9.99. The Morgan fingerprint density at radius 1 is 1.75 bits per heavy atom. The van der Waals surface area contributed by atoms with Crippen LogP contribution in [0.4, 0.5) is 0 Å². The van der Waals surface area contributed by atoms with E-state index in [2.05, 4.69) is 10.7 Å². The Kier molecular flexibility index (Phi) is 3.78. The fraction of sp³-hybridized carbons (Fsp3) is 0.500. The Morgan fingerprint density at radius 2 is 2.25 bits per heavy atom. The summed E-state index contributed by atoms with van der Waals surface area (Å²) in [4.78, 5) is 13.6. The third-order valence-electron chi connectivity index (χ3n) is 0.481. The summed E-state index contributed by atoms with van der Waals surface area (Å²) in [6.07, 6.45) is 0. The van der Waals surface area contributed by atoms with Crippen molar-refractivity contribution in [2.75, 3.05) is 0 Å². The predicted molar refractivity (Wildman–Crippen MR) is 25.3 cm³/mol. The largest absolute Gasteiger partial charge is 0.681 e. The van der Waals surface area contributed by atoms with Crippen LogP contribution in [0.1, 0.15) is 0 Å². The van der Waals surface area contributed by atoms with Gasteiger partial charge >= 0.3 is 20.8 Å². The molecule has 0 fully saturated rings. The molecule has 8 heavy (non-hydrogen) atoms. The van der Waals surface area contributed by atoms with Crippen molar-refractivity contribution in [2.24, 2.45) is 5.90 Å². The van der Waals surface area contributed by atoms with Crippen LogP contribution in [0, 0.1) is 0 Å². The molecule has 0 aliphatic heterocycles. The lowest BCUT2D eigenvalue weighted by atomic mass is 10.8. The molecule has 0 spiro atoms. The highest BCUT2D eigenvalue weighted by Crippen LogP contribution is 1.83. The zero-order valence-electron chi connectivity index (χ0n) is 4.07. The first-order valence-electron chi connectivity index (χ1n) is 1.92. The van der Waals surface area contributed by atoms with E-state index in [-0.39, 0.29) is 5.28 Å². The molecule has 0 aliphatic carbocycles. The van der Waals surface area contributed by atoms with Gasteiger partial charge in [0, 0.05) is 0 Å². The molecule has 0 saturated heterocycles. The molecule has 0 aromatic rings. The zero-order valence-corrected chi connectivity index (χ0v) is 5.23. The van der Waals surface area contributed by atoms with Gasteiger partial charge in [-0.1, -0.05) is 0 Å². The minimum Gasteiger partial charge on any atom is -0.493 e. The van der Waals surface area contributed by atoms with E-state index < -0.39 is 20.8 Å². The molecule has 5 nitrogen and oxygen atoms in total. The molecular formula is C2H6AlNO4. The Balaban J connectivity index is 3.25. The molecule has 0 radical (unpaired) electrons. The van der Waals surface area contributed by atoms with Crippen molar-refractivity contribution in [1.29, 1.82) is 0 Å². The molecule has 46 valence electrons. The summed E-state index contributed by atoms with van der Waals surface area (Å²) in [6.45, 7) is 0. The van der Waals surface area contributed by atoms with Crippen LogP contribution >= 0.6 is 0 Å². The Morgan fingerprint density at radius 3 is 2.38 bits per heavy atom. The van der Waals surface area contributed by atoms with Crippen molar-refractivity contribution in [3.05, 3.63) is 0 Å². The van der Waals surface area contributed by atoms with Crippen molar-refractivity contribution in [3.8, 4) is 0 Å². The van der Waals surface area contributed by atoms with Crippen molar-refractivity contribution < 1.29 is 17.9 Å². The Bertz CT molecular complexity index is 84.1. The van der Waals surface area contributed by atoms with Crippen LogP contribution in [0.3, 0.4) is 0 Å². The zero-order chi connectivity index (χ0) is 6.57. The number of rotatable bonds is 2. The molecule has 0 aromatic carbocycles. The molecule has 4 N–H and O–H groups in total. The Hall–Kier alpha value is -0.118. The van der Waals surface area contributed by atoms with Gasteiger partial charge in [-0.15, -0.1) is 0 Å². The molecule has 0 atom stereocenters. The molecule has 0 rings (SSSR count). The summed E-state index contributed by atoms with van der Waals surface area (Å²) in [6, 6.07) is 0. The number of nitrogens with two attached hydrogens (primary N) is 1. The lowest BCUT2D eigenvalue weighted by Crippen LogP contribution is -2.20. The van der Waals surface area contributed by atoms with Gasteiger partial charge in [0.25, 0.3) is 0 Å². The van der Waals surface area contributed by atoms with Gasteiger partial charge in [0.2, 0.25) is 0 Å². The van der Waals surface area contributed by atoms with Gasteiger partial charge < -0.3 is 13.2 Å². The topological polar surface area (TPSA) is 92.8 Å². The number of hydrogen-bond donors (Lipinski definition) is 3. The van der Waals surface area contributed by atoms with Gasteiger partial charge in [-0.05, 0) is 0 Å². The van der Waals surface area contributed by atoms with E-state index in [1.807, 2.05) is 0 Å². The van der Waals surface area contributed by atoms with E-state index in [0.29, 0.717) is 0 Å². The van der Waals surface area contributed by atoms with Crippen LogP contribution in [0.5, 0.6) is 0 Å². The summed E-state index contributed by atoms with van der Waals surface area (Å²) < 4.78 is 16.4. The third-order valence-corrected chi connectivity index (χ3v) is 1.18. The Labute approximate surface area is 50.7 Å². The van der Waals surface area contributed by atoms with Crippen LogP contribution < -0.4 is 5.90 Å². The SMILES string of the molecule is NOC(=O)[CH2][Al]([OH])[OH]. The molecule has 6 heteroatoms. The number of hydrogen-bond acceptors (Lipinski definition) is 5. The molecule has 0 unspecified atom stereocenters. The average molecular weight is 135 g/mol. The van der Waals surface area contributed by atoms with Crippen molar-refractivity contribution in [3.63, 3.8) is 0 Å². The second kappa shape index (κ2) is 3.83. The lowest BCUT2D eigenvalue weighted by molar-refractivity contribution is -0.141. The second-order valence-corrected chi connectivity index (χ2v) is 2.54. The molecule has 0 amide bonds. The molecule has 0 saturated carbocycles. The fourth-order valence-corrected chi connectivity index (χ4v) is 0.592. The summed E-state index contributed by atoms with van der Waals surface area (Å²) in [7, 11) is 0. The van der Waals surface area contributed by atoms with Gasteiger partial charge in [-0.25, -0.2) is 0 Å². The molecule has 0 aromatic heterocycles. The highest BCUT2D eigenvalue weighted by Gasteiger charge is 2.20. The van der Waals surface area contributed by atoms with Crippen molar-refractivity contribution in [2.45, 2.75) is 5.28 Å². The van der Waals surface area contributed by atoms with Crippen molar-refractivity contribution >= 4 is 20.8 Å². The van der Waals surface area contributed by atoms with Gasteiger partial charge in [-0.2, -0.15) is 5.90 Å². The molecular weight excluding hydrogens is 129 g/mol. The van der Waals surface area contributed by atoms with E-state index in [0.717, 1.165) is 0 Å². The normalized spacial score (nSPS) is 8.38. The van der Waals surface area contributed by atoms with Gasteiger partial charge in [0.05, 0.1) is 5.28 Å².